The van der Waals surface area contributed by atoms with E-state index in [0.29, 0.717) is 43.7 Å². The van der Waals surface area contributed by atoms with Crippen LogP contribution in [0.1, 0.15) is 65.9 Å². The van der Waals surface area contributed by atoms with Gasteiger partial charge in [0, 0.05) is 43.5 Å². The summed E-state index contributed by atoms with van der Waals surface area (Å²) in [5, 5.41) is 0. The molecule has 1 aromatic carbocycles. The van der Waals surface area contributed by atoms with Crippen LogP contribution >= 0.6 is 0 Å². The van der Waals surface area contributed by atoms with Crippen LogP contribution in [0.15, 0.2) is 47.5 Å². The molecule has 0 saturated carbocycles. The summed E-state index contributed by atoms with van der Waals surface area (Å²) >= 11 is 0. The van der Waals surface area contributed by atoms with Crippen LogP contribution in [0.4, 0.5) is 0 Å². The van der Waals surface area contributed by atoms with Crippen LogP contribution in [-0.4, -0.2) is 66.9 Å². The fraction of sp³-hybridized carbons (Fsp3) is 0.500. The number of aromatic nitrogens is 1. The number of piperidine rings is 2. The fourth-order valence-corrected chi connectivity index (χ4v) is 6.62. The highest BCUT2D eigenvalue weighted by atomic mass is 32.2. The lowest BCUT2D eigenvalue weighted by molar-refractivity contribution is 0.0573. The van der Waals surface area contributed by atoms with Gasteiger partial charge in [-0.1, -0.05) is 12.5 Å². The van der Waals surface area contributed by atoms with E-state index < -0.39 is 10.0 Å². The van der Waals surface area contributed by atoms with E-state index in [1.807, 2.05) is 23.8 Å². The molecule has 0 radical (unpaired) electrons. The fourth-order valence-electron chi connectivity index (χ4n) is 4.87. The van der Waals surface area contributed by atoms with E-state index in [1.165, 1.54) is 13.2 Å². The van der Waals surface area contributed by atoms with Gasteiger partial charge in [0.1, 0.15) is 5.69 Å². The molecule has 2 fully saturated rings. The minimum atomic E-state index is -3.64. The highest BCUT2D eigenvalue weighted by Gasteiger charge is 2.32. The lowest BCUT2D eigenvalue weighted by Gasteiger charge is -2.34. The largest absolute Gasteiger partial charge is 0.464 e. The normalized spacial score (nSPS) is 20.5. The molecular formula is C24H31N3O5S. The number of hydrogen-bond acceptors (Lipinski definition) is 5. The van der Waals surface area contributed by atoms with Gasteiger partial charge in [-0.05, 0) is 62.9 Å². The Morgan fingerprint density at radius 1 is 1.00 bits per heavy atom. The summed E-state index contributed by atoms with van der Waals surface area (Å²) in [6.45, 7) is 3.51. The number of likely N-dealkylation sites (tertiary alicyclic amines) is 1. The molecule has 1 amide bonds. The van der Waals surface area contributed by atoms with Crippen LogP contribution in [0.25, 0.3) is 0 Å². The van der Waals surface area contributed by atoms with Gasteiger partial charge in [0.05, 0.1) is 12.0 Å². The molecule has 2 aliphatic heterocycles. The van der Waals surface area contributed by atoms with Crippen LogP contribution in [0.5, 0.6) is 0 Å². The lowest BCUT2D eigenvalue weighted by Crippen LogP contribution is -2.42. The van der Waals surface area contributed by atoms with Crippen molar-refractivity contribution < 1.29 is 22.7 Å². The standard InChI is InChI=1S/C24H31N3O5S/c1-18-7-3-4-14-27(18)33(30,31)21-9-5-8-19(17-21)23(28)25-15-11-20(12-16-25)26-13-6-10-22(26)24(29)32-2/h5-6,8-10,13,17-18,20H,3-4,7,11-12,14-16H2,1-2H3. The zero-order valence-electron chi connectivity index (χ0n) is 19.1. The summed E-state index contributed by atoms with van der Waals surface area (Å²) < 4.78 is 34.7. The minimum absolute atomic E-state index is 0.0364. The van der Waals surface area contributed by atoms with E-state index in [1.54, 1.807) is 33.5 Å². The smallest absolute Gasteiger partial charge is 0.354 e. The molecule has 0 N–H and O–H groups in total. The Bertz CT molecular complexity index is 1120. The molecule has 1 unspecified atom stereocenters. The predicted octanol–water partition coefficient (Wildman–Crippen LogP) is 3.32. The van der Waals surface area contributed by atoms with Crippen LogP contribution in [0, 0.1) is 0 Å². The summed E-state index contributed by atoms with van der Waals surface area (Å²) in [6, 6.07) is 10.0. The number of carbonyl (C=O) groups excluding carboxylic acids is 2. The molecule has 0 bridgehead atoms. The first-order valence-electron chi connectivity index (χ1n) is 11.5. The molecular weight excluding hydrogens is 442 g/mol. The van der Waals surface area contributed by atoms with Crippen molar-refractivity contribution in [3.63, 3.8) is 0 Å². The number of hydrogen-bond donors (Lipinski definition) is 0. The van der Waals surface area contributed by atoms with Gasteiger partial charge in [0.15, 0.2) is 0 Å². The van der Waals surface area contributed by atoms with E-state index in [-0.39, 0.29) is 28.9 Å². The summed E-state index contributed by atoms with van der Waals surface area (Å²) in [5.74, 6) is -0.544. The molecule has 33 heavy (non-hydrogen) atoms. The number of carbonyl (C=O) groups is 2. The lowest BCUT2D eigenvalue weighted by atomic mass is 10.0. The van der Waals surface area contributed by atoms with Crippen molar-refractivity contribution >= 4 is 21.9 Å². The average molecular weight is 474 g/mol. The van der Waals surface area contributed by atoms with E-state index in [4.69, 9.17) is 4.74 Å². The van der Waals surface area contributed by atoms with Gasteiger partial charge in [-0.15, -0.1) is 0 Å². The van der Waals surface area contributed by atoms with Crippen molar-refractivity contribution in [2.75, 3.05) is 26.7 Å². The third-order valence-corrected chi connectivity index (χ3v) is 8.76. The maximum absolute atomic E-state index is 13.2. The molecule has 8 nitrogen and oxygen atoms in total. The van der Waals surface area contributed by atoms with Crippen LogP contribution in [0.3, 0.4) is 0 Å². The Hall–Kier alpha value is -2.65. The molecule has 0 aliphatic carbocycles. The van der Waals surface area contributed by atoms with Crippen molar-refractivity contribution in [2.24, 2.45) is 0 Å². The van der Waals surface area contributed by atoms with Gasteiger partial charge in [0.25, 0.3) is 5.91 Å². The van der Waals surface area contributed by atoms with Crippen LogP contribution in [-0.2, 0) is 14.8 Å². The quantitative estimate of drug-likeness (QED) is 0.622. The van der Waals surface area contributed by atoms with Crippen molar-refractivity contribution in [3.05, 3.63) is 53.9 Å². The van der Waals surface area contributed by atoms with E-state index in [2.05, 4.69) is 0 Å². The van der Waals surface area contributed by atoms with Gasteiger partial charge in [-0.2, -0.15) is 4.31 Å². The summed E-state index contributed by atoms with van der Waals surface area (Å²) in [7, 11) is -2.27. The SMILES string of the molecule is COC(=O)c1cccn1C1CCN(C(=O)c2cccc(S(=O)(=O)N3CCCCC3C)c2)CC1. The van der Waals surface area contributed by atoms with Crippen molar-refractivity contribution in [1.82, 2.24) is 13.8 Å². The molecule has 2 saturated heterocycles. The van der Waals surface area contributed by atoms with Crippen LogP contribution in [0.2, 0.25) is 0 Å². The molecule has 4 rings (SSSR count). The summed E-state index contributed by atoms with van der Waals surface area (Å²) in [4.78, 5) is 27.1. The monoisotopic (exact) mass is 473 g/mol. The first-order valence-corrected chi connectivity index (χ1v) is 12.9. The zero-order chi connectivity index (χ0) is 23.6. The Morgan fingerprint density at radius 2 is 1.76 bits per heavy atom. The average Bonchev–Trinajstić information content (AvgIpc) is 3.33. The number of methoxy groups -OCH3 is 1. The second-order valence-corrected chi connectivity index (χ2v) is 10.7. The number of rotatable bonds is 5. The second-order valence-electron chi connectivity index (χ2n) is 8.80. The number of ether oxygens (including phenoxy) is 1. The van der Waals surface area contributed by atoms with Crippen molar-refractivity contribution in [2.45, 2.75) is 56.0 Å². The number of sulfonamides is 1. The highest BCUT2D eigenvalue weighted by Crippen LogP contribution is 2.28. The molecule has 178 valence electrons. The molecule has 2 aromatic rings. The van der Waals surface area contributed by atoms with E-state index in [0.717, 1.165) is 19.3 Å². The number of nitrogens with zero attached hydrogens (tertiary/aromatic N) is 3. The molecule has 0 spiro atoms. The van der Waals surface area contributed by atoms with Gasteiger partial charge in [0.2, 0.25) is 10.0 Å². The van der Waals surface area contributed by atoms with E-state index >= 15 is 0 Å². The summed E-state index contributed by atoms with van der Waals surface area (Å²) in [6.07, 6.45) is 6.01. The number of benzene rings is 1. The Morgan fingerprint density at radius 3 is 2.45 bits per heavy atom. The maximum Gasteiger partial charge on any atom is 0.354 e. The topological polar surface area (TPSA) is 88.9 Å². The number of amides is 1. The zero-order valence-corrected chi connectivity index (χ0v) is 20.0. The first-order chi connectivity index (χ1) is 15.8. The predicted molar refractivity (Wildman–Crippen MR) is 124 cm³/mol. The third kappa shape index (κ3) is 4.70. The highest BCUT2D eigenvalue weighted by molar-refractivity contribution is 7.89. The Kier molecular flexibility index (Phi) is 6.90. The van der Waals surface area contributed by atoms with Crippen molar-refractivity contribution in [1.29, 1.82) is 0 Å². The first kappa shape index (κ1) is 23.5. The van der Waals surface area contributed by atoms with Gasteiger partial charge in [-0.3, -0.25) is 4.79 Å². The molecule has 1 aromatic heterocycles. The van der Waals surface area contributed by atoms with Crippen LogP contribution < -0.4 is 0 Å². The molecule has 2 aliphatic rings. The van der Waals surface area contributed by atoms with E-state index in [9.17, 15) is 18.0 Å². The molecule has 1 atom stereocenters. The third-order valence-electron chi connectivity index (χ3n) is 6.75. The van der Waals surface area contributed by atoms with Gasteiger partial charge >= 0.3 is 5.97 Å². The number of esters is 1. The Balaban J connectivity index is 1.46. The minimum Gasteiger partial charge on any atom is -0.464 e. The van der Waals surface area contributed by atoms with Gasteiger partial charge in [-0.25, -0.2) is 13.2 Å². The maximum atomic E-state index is 13.2. The second kappa shape index (κ2) is 9.69. The summed E-state index contributed by atoms with van der Waals surface area (Å²) in [5.41, 5.74) is 0.891. The molecule has 3 heterocycles. The van der Waals surface area contributed by atoms with Crippen molar-refractivity contribution in [3.8, 4) is 0 Å². The van der Waals surface area contributed by atoms with Gasteiger partial charge < -0.3 is 14.2 Å². The Labute approximate surface area is 195 Å². The molecule has 9 heteroatoms.